The van der Waals surface area contributed by atoms with Crippen LogP contribution in [-0.2, 0) is 11.0 Å². The van der Waals surface area contributed by atoms with Crippen LogP contribution >= 0.6 is 24.8 Å². The first kappa shape index (κ1) is 27.0. The van der Waals surface area contributed by atoms with Gasteiger partial charge in [-0.2, -0.15) is 13.2 Å². The summed E-state index contributed by atoms with van der Waals surface area (Å²) in [7, 11) is 0. The lowest BCUT2D eigenvalue weighted by Crippen LogP contribution is -2.40. The van der Waals surface area contributed by atoms with Gasteiger partial charge in [-0.15, -0.1) is 24.8 Å². The van der Waals surface area contributed by atoms with Crippen molar-refractivity contribution in [1.82, 2.24) is 15.5 Å². The molecule has 1 saturated carbocycles. The fourth-order valence-electron chi connectivity index (χ4n) is 4.53. The van der Waals surface area contributed by atoms with Crippen LogP contribution in [0.25, 0.3) is 0 Å². The Morgan fingerprint density at radius 1 is 1.17 bits per heavy atom. The topological polar surface area (TPSA) is 44.4 Å². The smallest absolute Gasteiger partial charge is 0.354 e. The standard InChI is InChI=1S/C21H30F3N3O.2ClH/c1-3-27(4-2)18(15-5-7-16(8-6-15)21(22,23)24)14-26-19(28)17-13-20(17)9-11-25-12-10-20;;/h5-8,17-18,25H,3-4,9-14H2,1-2H3,(H,26,28);2*1H. The first-order chi connectivity index (χ1) is 13.3. The Hall–Kier alpha value is -1.02. The van der Waals surface area contributed by atoms with Gasteiger partial charge in [-0.25, -0.2) is 0 Å². The summed E-state index contributed by atoms with van der Waals surface area (Å²) < 4.78 is 38.6. The third-order valence-electron chi connectivity index (χ3n) is 6.45. The molecule has 0 radical (unpaired) electrons. The molecule has 30 heavy (non-hydrogen) atoms. The van der Waals surface area contributed by atoms with Crippen molar-refractivity contribution in [2.75, 3.05) is 32.7 Å². The Labute approximate surface area is 189 Å². The number of hydrogen-bond acceptors (Lipinski definition) is 3. The number of nitrogens with one attached hydrogen (secondary N) is 2. The maximum absolute atomic E-state index is 12.9. The Morgan fingerprint density at radius 3 is 2.23 bits per heavy atom. The first-order valence-electron chi connectivity index (χ1n) is 10.2. The molecule has 2 atom stereocenters. The highest BCUT2D eigenvalue weighted by molar-refractivity contribution is 5.85. The first-order valence-corrected chi connectivity index (χ1v) is 10.2. The predicted octanol–water partition coefficient (Wildman–Crippen LogP) is 4.44. The molecule has 2 aliphatic rings. The highest BCUT2D eigenvalue weighted by Gasteiger charge is 2.57. The van der Waals surface area contributed by atoms with Crippen LogP contribution in [0.15, 0.2) is 24.3 Å². The fourth-order valence-corrected chi connectivity index (χ4v) is 4.53. The maximum Gasteiger partial charge on any atom is 0.416 e. The molecule has 1 spiro atoms. The second-order valence-corrected chi connectivity index (χ2v) is 7.97. The molecule has 1 aliphatic carbocycles. The Balaban J connectivity index is 0.00000225. The largest absolute Gasteiger partial charge is 0.416 e. The minimum Gasteiger partial charge on any atom is -0.354 e. The third kappa shape index (κ3) is 6.02. The van der Waals surface area contributed by atoms with Crippen molar-refractivity contribution in [2.45, 2.75) is 45.3 Å². The van der Waals surface area contributed by atoms with Gasteiger partial charge in [0.2, 0.25) is 5.91 Å². The summed E-state index contributed by atoms with van der Waals surface area (Å²) in [6, 6.07) is 5.17. The molecule has 0 aromatic heterocycles. The number of amides is 1. The van der Waals surface area contributed by atoms with E-state index >= 15 is 0 Å². The molecule has 2 N–H and O–H groups in total. The molecule has 1 amide bonds. The van der Waals surface area contributed by atoms with E-state index in [1.807, 2.05) is 13.8 Å². The summed E-state index contributed by atoms with van der Waals surface area (Å²) in [6.45, 7) is 7.92. The molecule has 3 rings (SSSR count). The summed E-state index contributed by atoms with van der Waals surface area (Å²) in [5.41, 5.74) is 0.322. The van der Waals surface area contributed by atoms with Gasteiger partial charge in [0.05, 0.1) is 11.6 Å². The zero-order chi connectivity index (χ0) is 20.4. The number of carbonyl (C=O) groups excluding carboxylic acids is 1. The Bertz CT molecular complexity index is 675. The molecule has 2 unspecified atom stereocenters. The van der Waals surface area contributed by atoms with E-state index in [1.54, 1.807) is 0 Å². The number of nitrogens with zero attached hydrogens (tertiary/aromatic N) is 1. The maximum atomic E-state index is 12.9. The van der Waals surface area contributed by atoms with Crippen LogP contribution in [0.2, 0.25) is 0 Å². The summed E-state index contributed by atoms with van der Waals surface area (Å²) >= 11 is 0. The van der Waals surface area contributed by atoms with Crippen LogP contribution < -0.4 is 10.6 Å². The van der Waals surface area contributed by atoms with Crippen molar-refractivity contribution in [3.8, 4) is 0 Å². The van der Waals surface area contributed by atoms with Gasteiger partial charge in [0, 0.05) is 12.5 Å². The van der Waals surface area contributed by atoms with Crippen molar-refractivity contribution in [1.29, 1.82) is 0 Å². The molecular formula is C21H32Cl2F3N3O. The Kier molecular flexibility index (Phi) is 9.93. The van der Waals surface area contributed by atoms with Gasteiger partial charge in [-0.05, 0) is 68.6 Å². The average Bonchev–Trinajstić information content (AvgIpc) is 3.37. The fraction of sp³-hybridized carbons (Fsp3) is 0.667. The summed E-state index contributed by atoms with van der Waals surface area (Å²) in [6.07, 6.45) is -1.30. The van der Waals surface area contributed by atoms with E-state index in [1.165, 1.54) is 12.1 Å². The van der Waals surface area contributed by atoms with Crippen molar-refractivity contribution >= 4 is 30.7 Å². The van der Waals surface area contributed by atoms with Gasteiger partial charge in [-0.3, -0.25) is 9.69 Å². The highest BCUT2D eigenvalue weighted by atomic mass is 35.5. The number of halogens is 5. The summed E-state index contributed by atoms with van der Waals surface area (Å²) in [5, 5.41) is 6.42. The molecule has 4 nitrogen and oxygen atoms in total. The van der Waals surface area contributed by atoms with Crippen molar-refractivity contribution in [2.24, 2.45) is 11.3 Å². The monoisotopic (exact) mass is 469 g/mol. The van der Waals surface area contributed by atoms with E-state index < -0.39 is 11.7 Å². The van der Waals surface area contributed by atoms with Crippen molar-refractivity contribution in [3.63, 3.8) is 0 Å². The third-order valence-corrected chi connectivity index (χ3v) is 6.45. The molecule has 2 fully saturated rings. The highest BCUT2D eigenvalue weighted by Crippen LogP contribution is 2.58. The number of piperidine rings is 1. The number of benzene rings is 1. The molecule has 9 heteroatoms. The lowest BCUT2D eigenvalue weighted by molar-refractivity contribution is -0.137. The van der Waals surface area contributed by atoms with Gasteiger partial charge in [0.15, 0.2) is 0 Å². The minimum absolute atomic E-state index is 0. The molecule has 1 saturated heterocycles. The number of carbonyl (C=O) groups is 1. The SMILES string of the molecule is CCN(CC)C(CNC(=O)C1CC12CCNCC2)c1ccc(C(F)(F)F)cc1.Cl.Cl. The zero-order valence-corrected chi connectivity index (χ0v) is 19.1. The van der Waals surface area contributed by atoms with Gasteiger partial charge in [0.25, 0.3) is 0 Å². The number of hydrogen-bond donors (Lipinski definition) is 2. The average molecular weight is 470 g/mol. The number of rotatable bonds is 7. The van der Waals surface area contributed by atoms with Gasteiger partial charge in [0.1, 0.15) is 0 Å². The van der Waals surface area contributed by atoms with E-state index in [9.17, 15) is 18.0 Å². The summed E-state index contributed by atoms with van der Waals surface area (Å²) in [5.74, 6) is 0.172. The molecule has 1 heterocycles. The molecule has 1 aromatic carbocycles. The van der Waals surface area contributed by atoms with Crippen molar-refractivity contribution < 1.29 is 18.0 Å². The van der Waals surface area contributed by atoms with E-state index in [0.717, 1.165) is 63.1 Å². The number of alkyl halides is 3. The number of likely N-dealkylation sites (N-methyl/N-ethyl adjacent to an activating group) is 1. The van der Waals surface area contributed by atoms with E-state index in [4.69, 9.17) is 0 Å². The normalized spacial score (nSPS) is 20.8. The Morgan fingerprint density at radius 2 is 1.73 bits per heavy atom. The molecular weight excluding hydrogens is 438 g/mol. The minimum atomic E-state index is -4.34. The van der Waals surface area contributed by atoms with Crippen LogP contribution in [0, 0.1) is 11.3 Å². The quantitative estimate of drug-likeness (QED) is 0.620. The van der Waals surface area contributed by atoms with Gasteiger partial charge in [-0.1, -0.05) is 26.0 Å². The van der Waals surface area contributed by atoms with Gasteiger partial charge >= 0.3 is 6.18 Å². The lowest BCUT2D eigenvalue weighted by atomic mass is 9.91. The van der Waals surface area contributed by atoms with Crippen LogP contribution in [-0.4, -0.2) is 43.5 Å². The second-order valence-electron chi connectivity index (χ2n) is 7.97. The van der Waals surface area contributed by atoms with Crippen molar-refractivity contribution in [3.05, 3.63) is 35.4 Å². The van der Waals surface area contributed by atoms with Gasteiger partial charge < -0.3 is 10.6 Å². The molecule has 1 aromatic rings. The molecule has 172 valence electrons. The second kappa shape index (κ2) is 11.0. The van der Waals surface area contributed by atoms with E-state index in [2.05, 4.69) is 15.5 Å². The molecule has 0 bridgehead atoms. The summed E-state index contributed by atoms with van der Waals surface area (Å²) in [4.78, 5) is 14.9. The van der Waals surface area contributed by atoms with E-state index in [-0.39, 0.29) is 48.1 Å². The predicted molar refractivity (Wildman–Crippen MR) is 117 cm³/mol. The molecule has 1 aliphatic heterocycles. The van der Waals surface area contributed by atoms with Crippen LogP contribution in [0.1, 0.15) is 50.3 Å². The van der Waals surface area contributed by atoms with Crippen LogP contribution in [0.5, 0.6) is 0 Å². The lowest BCUT2D eigenvalue weighted by Gasteiger charge is -2.31. The van der Waals surface area contributed by atoms with E-state index in [0.29, 0.717) is 6.54 Å². The zero-order valence-electron chi connectivity index (χ0n) is 17.4. The van der Waals surface area contributed by atoms with Crippen LogP contribution in [0.4, 0.5) is 13.2 Å². The van der Waals surface area contributed by atoms with Crippen LogP contribution in [0.3, 0.4) is 0 Å².